The summed E-state index contributed by atoms with van der Waals surface area (Å²) in [5.74, 6) is -2.26. The highest BCUT2D eigenvalue weighted by molar-refractivity contribution is 8.00. The molecule has 3 amide bonds. The molecule has 0 spiro atoms. The molecule has 26 heavy (non-hydrogen) atoms. The Morgan fingerprint density at radius 2 is 1.85 bits per heavy atom. The monoisotopic (exact) mass is 378 g/mol. The van der Waals surface area contributed by atoms with Crippen LogP contribution in [-0.4, -0.2) is 45.8 Å². The van der Waals surface area contributed by atoms with E-state index in [0.717, 1.165) is 28.5 Å². The smallest absolute Gasteiger partial charge is 0.327 e. The van der Waals surface area contributed by atoms with Crippen LogP contribution in [0.3, 0.4) is 0 Å². The number of carboxylic acids is 1. The lowest BCUT2D eigenvalue weighted by Crippen LogP contribution is -2.42. The fourth-order valence-corrected chi connectivity index (χ4v) is 4.29. The third-order valence-electron chi connectivity index (χ3n) is 4.10. The average Bonchev–Trinajstić information content (AvgIpc) is 2.77. The van der Waals surface area contributed by atoms with Crippen LogP contribution in [0.5, 0.6) is 0 Å². The minimum atomic E-state index is -1.17. The minimum Gasteiger partial charge on any atom is -0.480 e. The Hall–Kier alpha value is -2.35. The molecule has 1 aliphatic rings. The fraction of sp³-hybridized carbons (Fsp3) is 0.444. The van der Waals surface area contributed by atoms with E-state index in [0.29, 0.717) is 5.69 Å². The van der Waals surface area contributed by atoms with E-state index in [9.17, 15) is 19.2 Å². The molecule has 1 heterocycles. The third-order valence-corrected chi connectivity index (χ3v) is 5.40. The van der Waals surface area contributed by atoms with Crippen LogP contribution in [0.2, 0.25) is 0 Å². The number of benzene rings is 1. The number of hydrogen-bond acceptors (Lipinski definition) is 5. The van der Waals surface area contributed by atoms with E-state index < -0.39 is 23.2 Å². The second-order valence-electron chi connectivity index (χ2n) is 6.43. The molecule has 1 fully saturated rings. The molecule has 0 aromatic heterocycles. The number of carbonyl (C=O) groups excluding carboxylic acids is 3. The number of anilines is 1. The number of carbonyl (C=O) groups is 4. The summed E-state index contributed by atoms with van der Waals surface area (Å²) in [5, 5.41) is 10.8. The standard InChI is InChI=1S/C18H22N2O5S/c1-9-5-10(2)16(11(3)6-9)20-15(22)7-14(17(20)23)26-8-13(18(24)25)19-12(4)21/h5-6,13-14H,7-8H2,1-4H3,(H,19,21)(H,24,25). The molecule has 0 aliphatic carbocycles. The van der Waals surface area contributed by atoms with Gasteiger partial charge < -0.3 is 10.4 Å². The van der Waals surface area contributed by atoms with Gasteiger partial charge in [-0.1, -0.05) is 17.7 Å². The molecule has 1 aromatic rings. The highest BCUT2D eigenvalue weighted by Gasteiger charge is 2.41. The molecule has 2 unspecified atom stereocenters. The zero-order valence-corrected chi connectivity index (χ0v) is 16.0. The van der Waals surface area contributed by atoms with Gasteiger partial charge in [-0.3, -0.25) is 14.4 Å². The number of aryl methyl sites for hydroxylation is 3. The summed E-state index contributed by atoms with van der Waals surface area (Å²) in [6.07, 6.45) is 0.0165. The lowest BCUT2D eigenvalue weighted by molar-refractivity contribution is -0.140. The van der Waals surface area contributed by atoms with E-state index in [-0.39, 0.29) is 24.0 Å². The van der Waals surface area contributed by atoms with Crippen molar-refractivity contribution >= 4 is 41.1 Å². The summed E-state index contributed by atoms with van der Waals surface area (Å²) in [7, 11) is 0. The van der Waals surface area contributed by atoms with Crippen LogP contribution in [0.1, 0.15) is 30.0 Å². The van der Waals surface area contributed by atoms with Gasteiger partial charge in [-0.25, -0.2) is 9.69 Å². The lowest BCUT2D eigenvalue weighted by atomic mass is 10.0. The van der Waals surface area contributed by atoms with Gasteiger partial charge in [-0.15, -0.1) is 11.8 Å². The Morgan fingerprint density at radius 1 is 1.27 bits per heavy atom. The molecule has 0 radical (unpaired) electrons. The predicted molar refractivity (Wildman–Crippen MR) is 99.2 cm³/mol. The number of carboxylic acid groups (broad SMARTS) is 1. The molecule has 1 aliphatic heterocycles. The fourth-order valence-electron chi connectivity index (χ4n) is 3.13. The first-order valence-electron chi connectivity index (χ1n) is 8.18. The third kappa shape index (κ3) is 4.24. The number of aliphatic carboxylic acids is 1. The van der Waals surface area contributed by atoms with Crippen LogP contribution in [0.15, 0.2) is 12.1 Å². The maximum absolute atomic E-state index is 12.8. The maximum atomic E-state index is 12.8. The summed E-state index contributed by atoms with van der Waals surface area (Å²) in [4.78, 5) is 48.7. The van der Waals surface area contributed by atoms with Gasteiger partial charge in [0.1, 0.15) is 6.04 Å². The molecule has 0 bridgehead atoms. The molecule has 1 saturated heterocycles. The van der Waals surface area contributed by atoms with Crippen molar-refractivity contribution in [3.63, 3.8) is 0 Å². The summed E-state index contributed by atoms with van der Waals surface area (Å²) in [6, 6.07) is 2.73. The Morgan fingerprint density at radius 3 is 2.35 bits per heavy atom. The molecule has 2 N–H and O–H groups in total. The van der Waals surface area contributed by atoms with Crippen molar-refractivity contribution in [2.45, 2.75) is 45.4 Å². The topological polar surface area (TPSA) is 104 Å². The Labute approximate surface area is 156 Å². The molecular formula is C18H22N2O5S. The SMILES string of the molecule is CC(=O)NC(CSC1CC(=O)N(c2c(C)cc(C)cc2C)C1=O)C(=O)O. The van der Waals surface area contributed by atoms with E-state index in [4.69, 9.17) is 5.11 Å². The first-order valence-corrected chi connectivity index (χ1v) is 9.22. The van der Waals surface area contributed by atoms with Crippen molar-refractivity contribution in [2.24, 2.45) is 0 Å². The van der Waals surface area contributed by atoms with Crippen LogP contribution < -0.4 is 10.2 Å². The summed E-state index contributed by atoms with van der Waals surface area (Å²) in [6.45, 7) is 6.89. The molecule has 2 atom stereocenters. The number of imide groups is 1. The van der Waals surface area contributed by atoms with Crippen LogP contribution in [0, 0.1) is 20.8 Å². The van der Waals surface area contributed by atoms with Crippen molar-refractivity contribution in [1.82, 2.24) is 5.32 Å². The Balaban J connectivity index is 2.16. The molecule has 7 nitrogen and oxygen atoms in total. The van der Waals surface area contributed by atoms with Gasteiger partial charge in [0, 0.05) is 19.1 Å². The first-order chi connectivity index (χ1) is 12.1. The van der Waals surface area contributed by atoms with Gasteiger partial charge in [0.15, 0.2) is 0 Å². The van der Waals surface area contributed by atoms with E-state index in [1.807, 2.05) is 32.9 Å². The van der Waals surface area contributed by atoms with Crippen LogP contribution >= 0.6 is 11.8 Å². The van der Waals surface area contributed by atoms with Crippen LogP contribution in [0.25, 0.3) is 0 Å². The highest BCUT2D eigenvalue weighted by atomic mass is 32.2. The van der Waals surface area contributed by atoms with Crippen molar-refractivity contribution in [3.8, 4) is 0 Å². The van der Waals surface area contributed by atoms with Gasteiger partial charge in [0.25, 0.3) is 0 Å². The van der Waals surface area contributed by atoms with Gasteiger partial charge >= 0.3 is 5.97 Å². The summed E-state index contributed by atoms with van der Waals surface area (Å²) >= 11 is 1.08. The maximum Gasteiger partial charge on any atom is 0.327 e. The Kier molecular flexibility index (Phi) is 6.07. The number of thioether (sulfide) groups is 1. The van der Waals surface area contributed by atoms with Crippen molar-refractivity contribution in [2.75, 3.05) is 10.7 Å². The molecule has 8 heteroatoms. The minimum absolute atomic E-state index is 0.0122. The Bertz CT molecular complexity index is 754. The van der Waals surface area contributed by atoms with Gasteiger partial charge in [0.05, 0.1) is 10.9 Å². The van der Waals surface area contributed by atoms with Crippen LogP contribution in [0.4, 0.5) is 5.69 Å². The zero-order chi connectivity index (χ0) is 19.6. The van der Waals surface area contributed by atoms with E-state index in [1.165, 1.54) is 11.8 Å². The number of nitrogens with zero attached hydrogens (tertiary/aromatic N) is 1. The zero-order valence-electron chi connectivity index (χ0n) is 15.2. The van der Waals surface area contributed by atoms with Gasteiger partial charge in [0.2, 0.25) is 17.7 Å². The van der Waals surface area contributed by atoms with Crippen molar-refractivity contribution in [3.05, 3.63) is 28.8 Å². The highest BCUT2D eigenvalue weighted by Crippen LogP contribution is 2.34. The molecule has 0 saturated carbocycles. The molecule has 2 rings (SSSR count). The average molecular weight is 378 g/mol. The quantitative estimate of drug-likeness (QED) is 0.728. The van der Waals surface area contributed by atoms with Crippen LogP contribution in [-0.2, 0) is 19.2 Å². The molecular weight excluding hydrogens is 356 g/mol. The number of rotatable bonds is 6. The summed E-state index contributed by atoms with van der Waals surface area (Å²) < 4.78 is 0. The van der Waals surface area contributed by atoms with E-state index in [2.05, 4.69) is 5.32 Å². The first kappa shape index (κ1) is 20.0. The van der Waals surface area contributed by atoms with E-state index in [1.54, 1.807) is 0 Å². The van der Waals surface area contributed by atoms with Gasteiger partial charge in [-0.05, 0) is 31.9 Å². The van der Waals surface area contributed by atoms with E-state index >= 15 is 0 Å². The second kappa shape index (κ2) is 7.90. The number of hydrogen-bond donors (Lipinski definition) is 2. The van der Waals surface area contributed by atoms with Gasteiger partial charge in [-0.2, -0.15) is 0 Å². The van der Waals surface area contributed by atoms with Crippen molar-refractivity contribution in [1.29, 1.82) is 0 Å². The summed E-state index contributed by atoms with van der Waals surface area (Å²) in [5.41, 5.74) is 3.34. The normalized spacial score (nSPS) is 18.2. The number of nitrogens with one attached hydrogen (secondary N) is 1. The second-order valence-corrected chi connectivity index (χ2v) is 7.67. The van der Waals surface area contributed by atoms with Crippen molar-refractivity contribution < 1.29 is 24.3 Å². The molecule has 1 aromatic carbocycles. The molecule has 140 valence electrons. The lowest BCUT2D eigenvalue weighted by Gasteiger charge is -2.21. The largest absolute Gasteiger partial charge is 0.480 e. The predicted octanol–water partition coefficient (Wildman–Crippen LogP) is 1.57. The number of amides is 3.